The van der Waals surface area contributed by atoms with E-state index in [0.717, 1.165) is 5.56 Å². The summed E-state index contributed by atoms with van der Waals surface area (Å²) in [7, 11) is -0.746. The highest BCUT2D eigenvalue weighted by molar-refractivity contribution is 7.89. The molecular formula is C19H21N3O4S. The Hall–Kier alpha value is -2.89. The third-order valence-electron chi connectivity index (χ3n) is 3.95. The van der Waals surface area contributed by atoms with E-state index in [0.29, 0.717) is 17.9 Å². The van der Waals surface area contributed by atoms with E-state index in [2.05, 4.69) is 4.72 Å². The third kappa shape index (κ3) is 5.29. The molecule has 142 valence electrons. The van der Waals surface area contributed by atoms with Crippen molar-refractivity contribution in [2.24, 2.45) is 0 Å². The largest absolute Gasteiger partial charge is 0.497 e. The van der Waals surface area contributed by atoms with E-state index in [9.17, 15) is 13.2 Å². The van der Waals surface area contributed by atoms with Gasteiger partial charge in [0.2, 0.25) is 15.9 Å². The van der Waals surface area contributed by atoms with Crippen molar-refractivity contribution in [1.29, 1.82) is 5.26 Å². The second-order valence-corrected chi connectivity index (χ2v) is 7.74. The Morgan fingerprint density at radius 2 is 1.78 bits per heavy atom. The van der Waals surface area contributed by atoms with Crippen molar-refractivity contribution in [3.8, 4) is 11.8 Å². The summed E-state index contributed by atoms with van der Waals surface area (Å²) in [6.07, 6.45) is 0. The fraction of sp³-hybridized carbons (Fsp3) is 0.263. The number of methoxy groups -OCH3 is 1. The predicted molar refractivity (Wildman–Crippen MR) is 100 cm³/mol. The standard InChI is InChI=1S/C19H21N3O4S/c1-14(21-27(24,25)18-10-8-17(26-3)9-11-18)19(23)22(2)13-16-6-4-15(12-20)5-7-16/h4-11,14,21H,13H2,1-3H3/t14-/m0/s1. The van der Waals surface area contributed by atoms with Crippen molar-refractivity contribution in [3.05, 3.63) is 59.7 Å². The maximum absolute atomic E-state index is 12.5. The van der Waals surface area contributed by atoms with Gasteiger partial charge in [0.15, 0.2) is 0 Å². The summed E-state index contributed by atoms with van der Waals surface area (Å²) in [5, 5.41) is 8.82. The summed E-state index contributed by atoms with van der Waals surface area (Å²) in [4.78, 5) is 14.0. The van der Waals surface area contributed by atoms with Crippen LogP contribution in [-0.2, 0) is 21.4 Å². The Labute approximate surface area is 159 Å². The average molecular weight is 387 g/mol. The van der Waals surface area contributed by atoms with Crippen LogP contribution in [0.5, 0.6) is 5.75 Å². The summed E-state index contributed by atoms with van der Waals surface area (Å²) in [5.41, 5.74) is 1.38. The maximum atomic E-state index is 12.5. The Balaban J connectivity index is 2.03. The highest BCUT2D eigenvalue weighted by Gasteiger charge is 2.24. The van der Waals surface area contributed by atoms with Crippen LogP contribution in [0.1, 0.15) is 18.1 Å². The minimum Gasteiger partial charge on any atom is -0.497 e. The van der Waals surface area contributed by atoms with Crippen molar-refractivity contribution >= 4 is 15.9 Å². The van der Waals surface area contributed by atoms with Crippen LogP contribution in [0.4, 0.5) is 0 Å². The van der Waals surface area contributed by atoms with Crippen LogP contribution < -0.4 is 9.46 Å². The van der Waals surface area contributed by atoms with E-state index in [4.69, 9.17) is 10.00 Å². The van der Waals surface area contributed by atoms with Crippen molar-refractivity contribution < 1.29 is 17.9 Å². The molecule has 7 nitrogen and oxygen atoms in total. The SMILES string of the molecule is COc1ccc(S(=O)(=O)N[C@@H](C)C(=O)N(C)Cc2ccc(C#N)cc2)cc1. The normalized spacial score (nSPS) is 12.1. The van der Waals surface area contributed by atoms with Gasteiger partial charge in [0.25, 0.3) is 0 Å². The Bertz CT molecular complexity index is 932. The second kappa shape index (κ2) is 8.66. The summed E-state index contributed by atoms with van der Waals surface area (Å²) >= 11 is 0. The lowest BCUT2D eigenvalue weighted by Crippen LogP contribution is -2.45. The number of likely N-dealkylation sites (N-methyl/N-ethyl adjacent to an activating group) is 1. The zero-order valence-corrected chi connectivity index (χ0v) is 16.2. The molecule has 2 aromatic rings. The highest BCUT2D eigenvalue weighted by atomic mass is 32.2. The van der Waals surface area contributed by atoms with Crippen molar-refractivity contribution in [1.82, 2.24) is 9.62 Å². The monoisotopic (exact) mass is 387 g/mol. The van der Waals surface area contributed by atoms with Gasteiger partial charge in [-0.25, -0.2) is 8.42 Å². The molecule has 0 heterocycles. The minimum atomic E-state index is -3.83. The predicted octanol–water partition coefficient (Wildman–Crippen LogP) is 1.89. The molecule has 0 unspecified atom stereocenters. The van der Waals surface area contributed by atoms with Crippen LogP contribution in [0.2, 0.25) is 0 Å². The molecule has 2 rings (SSSR count). The molecule has 0 fully saturated rings. The van der Waals surface area contributed by atoms with E-state index in [1.54, 1.807) is 31.3 Å². The minimum absolute atomic E-state index is 0.0534. The number of nitrogens with one attached hydrogen (secondary N) is 1. The summed E-state index contributed by atoms with van der Waals surface area (Å²) in [5.74, 6) is 0.177. The van der Waals surface area contributed by atoms with Crippen LogP contribution in [0.3, 0.4) is 0 Å². The average Bonchev–Trinajstić information content (AvgIpc) is 2.67. The van der Waals surface area contributed by atoms with Gasteiger partial charge in [-0.1, -0.05) is 12.1 Å². The Morgan fingerprint density at radius 3 is 2.30 bits per heavy atom. The van der Waals surface area contributed by atoms with Gasteiger partial charge in [0.1, 0.15) is 5.75 Å². The van der Waals surface area contributed by atoms with Crippen molar-refractivity contribution in [2.45, 2.75) is 24.4 Å². The smallest absolute Gasteiger partial charge is 0.241 e. The van der Waals surface area contributed by atoms with E-state index in [1.807, 2.05) is 6.07 Å². The molecule has 27 heavy (non-hydrogen) atoms. The summed E-state index contributed by atoms with van der Waals surface area (Å²) in [6, 6.07) is 13.9. The molecule has 0 aliphatic rings. The molecule has 0 radical (unpaired) electrons. The molecule has 8 heteroatoms. The molecule has 0 aliphatic heterocycles. The van der Waals surface area contributed by atoms with Gasteiger partial charge in [-0.3, -0.25) is 4.79 Å². The maximum Gasteiger partial charge on any atom is 0.241 e. The first-order valence-electron chi connectivity index (χ1n) is 8.17. The van der Waals surface area contributed by atoms with Gasteiger partial charge in [-0.2, -0.15) is 9.98 Å². The zero-order chi connectivity index (χ0) is 20.0. The molecule has 0 spiro atoms. The number of carbonyl (C=O) groups is 1. The van der Waals surface area contributed by atoms with Gasteiger partial charge in [-0.05, 0) is 48.9 Å². The van der Waals surface area contributed by atoms with E-state index >= 15 is 0 Å². The number of nitriles is 1. The number of ether oxygens (including phenoxy) is 1. The first-order chi connectivity index (χ1) is 12.8. The van der Waals surface area contributed by atoms with E-state index < -0.39 is 16.1 Å². The zero-order valence-electron chi connectivity index (χ0n) is 15.3. The number of hydrogen-bond acceptors (Lipinski definition) is 5. The molecular weight excluding hydrogens is 366 g/mol. The fourth-order valence-corrected chi connectivity index (χ4v) is 3.67. The number of benzene rings is 2. The lowest BCUT2D eigenvalue weighted by atomic mass is 10.1. The van der Waals surface area contributed by atoms with Crippen molar-refractivity contribution in [2.75, 3.05) is 14.2 Å². The first kappa shape index (κ1) is 20.4. The van der Waals surface area contributed by atoms with Crippen LogP contribution in [0, 0.1) is 11.3 Å². The molecule has 0 aromatic heterocycles. The number of hydrogen-bond donors (Lipinski definition) is 1. The molecule has 1 atom stereocenters. The van der Waals surface area contributed by atoms with Gasteiger partial charge in [0, 0.05) is 13.6 Å². The highest BCUT2D eigenvalue weighted by Crippen LogP contribution is 2.16. The second-order valence-electron chi connectivity index (χ2n) is 6.02. The first-order valence-corrected chi connectivity index (χ1v) is 9.65. The molecule has 0 saturated heterocycles. The third-order valence-corrected chi connectivity index (χ3v) is 5.51. The molecule has 1 amide bonds. The molecule has 0 bridgehead atoms. The van der Waals surface area contributed by atoms with Crippen LogP contribution >= 0.6 is 0 Å². The number of sulfonamides is 1. The molecule has 0 aliphatic carbocycles. The van der Waals surface area contributed by atoms with Gasteiger partial charge in [0.05, 0.1) is 29.7 Å². The number of nitrogens with zero attached hydrogens (tertiary/aromatic N) is 2. The number of rotatable bonds is 7. The Kier molecular flexibility index (Phi) is 6.55. The van der Waals surface area contributed by atoms with Crippen molar-refractivity contribution in [3.63, 3.8) is 0 Å². The van der Waals surface area contributed by atoms with Crippen LogP contribution in [0.25, 0.3) is 0 Å². The number of carbonyl (C=O) groups excluding carboxylic acids is 1. The molecule has 1 N–H and O–H groups in total. The fourth-order valence-electron chi connectivity index (χ4n) is 2.47. The molecule has 0 saturated carbocycles. The van der Waals surface area contributed by atoms with Gasteiger partial charge < -0.3 is 9.64 Å². The Morgan fingerprint density at radius 1 is 1.19 bits per heavy atom. The van der Waals surface area contributed by atoms with Crippen LogP contribution in [0.15, 0.2) is 53.4 Å². The topological polar surface area (TPSA) is 99.5 Å². The summed E-state index contributed by atoms with van der Waals surface area (Å²) < 4.78 is 32.3. The van der Waals surface area contributed by atoms with Gasteiger partial charge in [-0.15, -0.1) is 0 Å². The van der Waals surface area contributed by atoms with Gasteiger partial charge >= 0.3 is 0 Å². The molecule has 2 aromatic carbocycles. The van der Waals surface area contributed by atoms with Crippen LogP contribution in [-0.4, -0.2) is 39.4 Å². The lowest BCUT2D eigenvalue weighted by molar-refractivity contribution is -0.131. The quantitative estimate of drug-likeness (QED) is 0.782. The number of amides is 1. The lowest BCUT2D eigenvalue weighted by Gasteiger charge is -2.22. The van der Waals surface area contributed by atoms with E-state index in [-0.39, 0.29) is 10.8 Å². The van der Waals surface area contributed by atoms with E-state index in [1.165, 1.54) is 43.2 Å². The summed E-state index contributed by atoms with van der Waals surface area (Å²) in [6.45, 7) is 1.80.